The van der Waals surface area contributed by atoms with Gasteiger partial charge in [-0.05, 0) is 30.6 Å². The van der Waals surface area contributed by atoms with Crippen LogP contribution in [0.1, 0.15) is 32.8 Å². The number of nitrogens with one attached hydrogen (secondary N) is 2. The van der Waals surface area contributed by atoms with Crippen molar-refractivity contribution in [2.45, 2.75) is 39.4 Å². The number of benzene rings is 1. The summed E-state index contributed by atoms with van der Waals surface area (Å²) in [4.78, 5) is 34.7. The molecule has 2 amide bonds. The van der Waals surface area contributed by atoms with Crippen molar-refractivity contribution in [2.75, 3.05) is 27.9 Å². The highest BCUT2D eigenvalue weighted by molar-refractivity contribution is 5.90. The highest BCUT2D eigenvalue weighted by Gasteiger charge is 2.27. The molecule has 0 aliphatic carbocycles. The van der Waals surface area contributed by atoms with E-state index in [1.165, 1.54) is 25.5 Å². The number of hydrogen-bond acceptors (Lipinski definition) is 6. The molecule has 4 atom stereocenters. The largest absolute Gasteiger partial charge is 0.468 e. The summed E-state index contributed by atoms with van der Waals surface area (Å²) in [6.45, 7) is 5.85. The molecule has 0 aliphatic rings. The van der Waals surface area contributed by atoms with E-state index in [-0.39, 0.29) is 36.5 Å². The molecular formula is C31H42N2O6. The molecule has 0 aromatic heterocycles. The number of esters is 1. The van der Waals surface area contributed by atoms with Gasteiger partial charge in [-0.2, -0.15) is 0 Å². The van der Waals surface area contributed by atoms with Crippen LogP contribution in [0.5, 0.6) is 0 Å². The molecule has 0 spiro atoms. The first-order valence-electron chi connectivity index (χ1n) is 12.8. The van der Waals surface area contributed by atoms with Crippen LogP contribution in [0.25, 0.3) is 6.08 Å². The minimum absolute atomic E-state index is 0.0793. The van der Waals surface area contributed by atoms with E-state index in [1.54, 1.807) is 26.4 Å². The third-order valence-corrected chi connectivity index (χ3v) is 5.92. The van der Waals surface area contributed by atoms with E-state index in [4.69, 9.17) is 9.47 Å². The SMILES string of the molecule is COC(=O)CNC(=O)/C=C\C/C=C\NC(=O)/C=C(C)/C=C/[C@@H](C)[C@@H](OC)[C@@H](C)[C@@H](/C=C/c1ccccc1)OC. The predicted molar refractivity (Wildman–Crippen MR) is 154 cm³/mol. The Bertz CT molecular complexity index is 1040. The van der Waals surface area contributed by atoms with Crippen molar-refractivity contribution in [1.82, 2.24) is 10.6 Å². The van der Waals surface area contributed by atoms with Gasteiger partial charge < -0.3 is 24.8 Å². The molecule has 212 valence electrons. The Kier molecular flexibility index (Phi) is 16.5. The minimum Gasteiger partial charge on any atom is -0.468 e. The molecule has 0 unspecified atom stereocenters. The van der Waals surface area contributed by atoms with Crippen LogP contribution in [0.4, 0.5) is 0 Å². The van der Waals surface area contributed by atoms with Gasteiger partial charge in [-0.15, -0.1) is 0 Å². The van der Waals surface area contributed by atoms with E-state index in [2.05, 4.69) is 41.4 Å². The van der Waals surface area contributed by atoms with Crippen molar-refractivity contribution in [3.05, 3.63) is 90.2 Å². The summed E-state index contributed by atoms with van der Waals surface area (Å²) >= 11 is 0. The predicted octanol–water partition coefficient (Wildman–Crippen LogP) is 4.37. The zero-order valence-electron chi connectivity index (χ0n) is 23.8. The van der Waals surface area contributed by atoms with Gasteiger partial charge in [-0.1, -0.05) is 80.6 Å². The van der Waals surface area contributed by atoms with E-state index >= 15 is 0 Å². The molecule has 1 rings (SSSR count). The van der Waals surface area contributed by atoms with Crippen LogP contribution in [-0.4, -0.2) is 57.9 Å². The second kappa shape index (κ2) is 19.3. The molecule has 0 heterocycles. The monoisotopic (exact) mass is 538 g/mol. The highest BCUT2D eigenvalue weighted by atomic mass is 16.5. The molecule has 0 radical (unpaired) electrons. The molecule has 1 aromatic rings. The van der Waals surface area contributed by atoms with Gasteiger partial charge in [0.05, 0.1) is 19.3 Å². The van der Waals surface area contributed by atoms with Crippen LogP contribution in [0.3, 0.4) is 0 Å². The normalized spacial score (nSPS) is 15.5. The van der Waals surface area contributed by atoms with E-state index in [1.807, 2.05) is 49.4 Å². The maximum Gasteiger partial charge on any atom is 0.325 e. The van der Waals surface area contributed by atoms with Crippen LogP contribution in [0, 0.1) is 11.8 Å². The Morgan fingerprint density at radius 2 is 1.64 bits per heavy atom. The van der Waals surface area contributed by atoms with E-state index in [9.17, 15) is 14.4 Å². The minimum atomic E-state index is -0.522. The number of rotatable bonds is 16. The third-order valence-electron chi connectivity index (χ3n) is 5.92. The first-order valence-corrected chi connectivity index (χ1v) is 12.8. The Morgan fingerprint density at radius 1 is 0.923 bits per heavy atom. The summed E-state index contributed by atoms with van der Waals surface area (Å²) in [5.41, 5.74) is 1.91. The molecule has 0 aliphatic heterocycles. The van der Waals surface area contributed by atoms with Crippen LogP contribution in [0.15, 0.2) is 84.6 Å². The Labute approximate surface area is 232 Å². The zero-order chi connectivity index (χ0) is 29.0. The van der Waals surface area contributed by atoms with Crippen LogP contribution in [0.2, 0.25) is 0 Å². The molecular weight excluding hydrogens is 496 g/mol. The number of hydrogen-bond donors (Lipinski definition) is 2. The van der Waals surface area contributed by atoms with Gasteiger partial charge >= 0.3 is 5.97 Å². The molecule has 0 saturated heterocycles. The van der Waals surface area contributed by atoms with Crippen molar-refractivity contribution >= 4 is 23.9 Å². The summed E-state index contributed by atoms with van der Waals surface area (Å²) in [5.74, 6) is -1.01. The lowest BCUT2D eigenvalue weighted by Crippen LogP contribution is -2.35. The molecule has 39 heavy (non-hydrogen) atoms. The summed E-state index contributed by atoms with van der Waals surface area (Å²) in [7, 11) is 4.65. The third kappa shape index (κ3) is 14.1. The highest BCUT2D eigenvalue weighted by Crippen LogP contribution is 2.24. The maximum atomic E-state index is 12.2. The van der Waals surface area contributed by atoms with Gasteiger partial charge in [0.1, 0.15) is 6.54 Å². The fourth-order valence-electron chi connectivity index (χ4n) is 3.80. The number of methoxy groups -OCH3 is 3. The van der Waals surface area contributed by atoms with Gasteiger partial charge in [0.25, 0.3) is 0 Å². The molecule has 0 saturated carbocycles. The maximum absolute atomic E-state index is 12.2. The second-order valence-corrected chi connectivity index (χ2v) is 8.98. The summed E-state index contributed by atoms with van der Waals surface area (Å²) < 4.78 is 16.0. The Morgan fingerprint density at radius 3 is 2.28 bits per heavy atom. The van der Waals surface area contributed by atoms with Gasteiger partial charge in [0.2, 0.25) is 11.8 Å². The van der Waals surface area contributed by atoms with Crippen molar-refractivity contribution < 1.29 is 28.6 Å². The van der Waals surface area contributed by atoms with E-state index in [0.717, 1.165) is 11.1 Å². The lowest BCUT2D eigenvalue weighted by Gasteiger charge is -2.30. The average molecular weight is 539 g/mol. The standard InChI is InChI=1S/C31H42N2O6/c1-23(21-29(35)32-20-12-8-11-15-28(34)33-22-30(36)38-5)16-17-24(2)31(39-6)25(3)27(37-4)19-18-26-13-9-7-10-14-26/h7,9-21,24-25,27,31H,8,22H2,1-6H3,(H,32,35)(H,33,34)/b15-11-,17-16+,19-18+,20-12-,23-21+/t24-,25+,27-,31-/m1/s1. The fraction of sp³-hybridized carbons (Fsp3) is 0.387. The second-order valence-electron chi connectivity index (χ2n) is 8.98. The number of carbonyl (C=O) groups is 3. The summed E-state index contributed by atoms with van der Waals surface area (Å²) in [5, 5.41) is 5.06. The van der Waals surface area contributed by atoms with Crippen molar-refractivity contribution in [3.63, 3.8) is 0 Å². The quantitative estimate of drug-likeness (QED) is 0.184. The molecule has 0 bridgehead atoms. The molecule has 0 fully saturated rings. The fourth-order valence-corrected chi connectivity index (χ4v) is 3.80. The van der Waals surface area contributed by atoms with Crippen molar-refractivity contribution in [2.24, 2.45) is 11.8 Å². The average Bonchev–Trinajstić information content (AvgIpc) is 2.93. The number of carbonyl (C=O) groups excluding carboxylic acids is 3. The first kappa shape index (κ1) is 33.3. The van der Waals surface area contributed by atoms with Crippen molar-refractivity contribution in [3.8, 4) is 0 Å². The van der Waals surface area contributed by atoms with Crippen LogP contribution in [-0.2, 0) is 28.6 Å². The van der Waals surface area contributed by atoms with E-state index in [0.29, 0.717) is 6.42 Å². The first-order chi connectivity index (χ1) is 18.7. The molecule has 2 N–H and O–H groups in total. The molecule has 1 aromatic carbocycles. The van der Waals surface area contributed by atoms with Gasteiger partial charge in [0.15, 0.2) is 0 Å². The number of amides is 2. The summed E-state index contributed by atoms with van der Waals surface area (Å²) in [6, 6.07) is 10.1. The van der Waals surface area contributed by atoms with Crippen molar-refractivity contribution in [1.29, 1.82) is 0 Å². The van der Waals surface area contributed by atoms with E-state index < -0.39 is 11.9 Å². The lowest BCUT2D eigenvalue weighted by molar-refractivity contribution is -0.140. The van der Waals surface area contributed by atoms with Crippen LogP contribution >= 0.6 is 0 Å². The van der Waals surface area contributed by atoms with Gasteiger partial charge in [0, 0.05) is 38.3 Å². The Hall–Kier alpha value is -3.75. The van der Waals surface area contributed by atoms with Crippen LogP contribution < -0.4 is 10.6 Å². The molecule has 8 heteroatoms. The molecule has 8 nitrogen and oxygen atoms in total. The number of ether oxygens (including phenoxy) is 3. The zero-order valence-corrected chi connectivity index (χ0v) is 23.8. The smallest absolute Gasteiger partial charge is 0.325 e. The van der Waals surface area contributed by atoms with Gasteiger partial charge in [-0.3, -0.25) is 14.4 Å². The lowest BCUT2D eigenvalue weighted by atomic mass is 9.88. The summed E-state index contributed by atoms with van der Waals surface area (Å²) in [6.07, 6.45) is 15.9. The number of allylic oxidation sites excluding steroid dienone is 4. The Balaban J connectivity index is 2.57. The topological polar surface area (TPSA) is 103 Å². The van der Waals surface area contributed by atoms with Gasteiger partial charge in [-0.25, -0.2) is 0 Å².